The van der Waals surface area contributed by atoms with E-state index in [9.17, 15) is 9.90 Å². The summed E-state index contributed by atoms with van der Waals surface area (Å²) < 4.78 is 11.7. The van der Waals surface area contributed by atoms with Crippen molar-refractivity contribution in [3.63, 3.8) is 0 Å². The highest BCUT2D eigenvalue weighted by molar-refractivity contribution is 5.76. The number of para-hydroxylation sites is 2. The third kappa shape index (κ3) is 5.64. The zero-order valence-electron chi connectivity index (χ0n) is 19.7. The summed E-state index contributed by atoms with van der Waals surface area (Å²) in [4.78, 5) is 16.1. The van der Waals surface area contributed by atoms with Gasteiger partial charge in [0.05, 0.1) is 6.04 Å². The number of nitrogens with one attached hydrogen (secondary N) is 1. The van der Waals surface area contributed by atoms with Crippen LogP contribution in [0.15, 0.2) is 83.3 Å². The molecule has 0 radical (unpaired) electrons. The molecule has 1 heterocycles. The van der Waals surface area contributed by atoms with E-state index in [1.165, 1.54) is 19.4 Å². The Morgan fingerprint density at radius 1 is 1.03 bits per heavy atom. The number of benzene rings is 3. The van der Waals surface area contributed by atoms with Crippen LogP contribution in [-0.2, 0) is 11.2 Å². The maximum absolute atomic E-state index is 11.3. The molecule has 0 spiro atoms. The van der Waals surface area contributed by atoms with E-state index in [1.807, 2.05) is 42.5 Å². The van der Waals surface area contributed by atoms with Gasteiger partial charge < -0.3 is 14.3 Å². The molecule has 4 aromatic rings. The minimum atomic E-state index is -1.29. The zero-order valence-corrected chi connectivity index (χ0v) is 19.7. The van der Waals surface area contributed by atoms with Crippen LogP contribution in [0.4, 0.5) is 0 Å². The predicted molar refractivity (Wildman–Crippen MR) is 132 cm³/mol. The van der Waals surface area contributed by atoms with Crippen molar-refractivity contribution in [2.45, 2.75) is 51.3 Å². The number of nitrogens with zero attached hydrogens (tertiary/aromatic N) is 1. The second kappa shape index (κ2) is 10.1. The molecule has 0 aliphatic heterocycles. The van der Waals surface area contributed by atoms with Gasteiger partial charge in [-0.2, -0.15) is 0 Å². The number of aryl methyl sites for hydroxylation is 1. The summed E-state index contributed by atoms with van der Waals surface area (Å²) in [6.07, 6.45) is 1.72. The van der Waals surface area contributed by atoms with E-state index < -0.39 is 11.6 Å². The third-order valence-corrected chi connectivity index (χ3v) is 5.89. The smallest absolute Gasteiger partial charge is 0.347 e. The molecule has 0 aliphatic rings. The van der Waals surface area contributed by atoms with Gasteiger partial charge in [-0.1, -0.05) is 54.6 Å². The maximum Gasteiger partial charge on any atom is 0.347 e. The number of fused-ring (bicyclic) bond motifs is 1. The second-order valence-electron chi connectivity index (χ2n) is 8.97. The molecule has 1 aromatic heterocycles. The molecule has 0 saturated carbocycles. The van der Waals surface area contributed by atoms with E-state index in [-0.39, 0.29) is 12.1 Å². The SMILES string of the molecule is CC(NC(CCc1ccccc1)c1nc2ccccc2o1)c1ccc(OC(C)(C)C(=O)O)cc1. The van der Waals surface area contributed by atoms with E-state index in [1.54, 1.807) is 12.1 Å². The third-order valence-electron chi connectivity index (χ3n) is 5.89. The largest absolute Gasteiger partial charge is 0.478 e. The van der Waals surface area contributed by atoms with Gasteiger partial charge in [-0.25, -0.2) is 9.78 Å². The Kier molecular flexibility index (Phi) is 6.98. The molecule has 0 saturated heterocycles. The van der Waals surface area contributed by atoms with Crippen LogP contribution < -0.4 is 10.1 Å². The number of ether oxygens (including phenoxy) is 1. The number of hydrogen-bond donors (Lipinski definition) is 2. The first-order valence-electron chi connectivity index (χ1n) is 11.5. The van der Waals surface area contributed by atoms with Gasteiger partial charge in [0.1, 0.15) is 11.3 Å². The summed E-state index contributed by atoms with van der Waals surface area (Å²) >= 11 is 0. The molecular weight excluding hydrogens is 428 g/mol. The highest BCUT2D eigenvalue weighted by Crippen LogP contribution is 2.28. The quantitative estimate of drug-likeness (QED) is 0.299. The molecule has 2 atom stereocenters. The van der Waals surface area contributed by atoms with Gasteiger partial charge in [0, 0.05) is 6.04 Å². The van der Waals surface area contributed by atoms with Crippen molar-refractivity contribution in [1.82, 2.24) is 10.3 Å². The molecule has 6 nitrogen and oxygen atoms in total. The molecule has 2 unspecified atom stereocenters. The zero-order chi connectivity index (χ0) is 24.1. The Balaban J connectivity index is 1.51. The van der Waals surface area contributed by atoms with Crippen LogP contribution in [0.1, 0.15) is 56.3 Å². The van der Waals surface area contributed by atoms with Crippen LogP contribution in [0.25, 0.3) is 11.1 Å². The first-order valence-corrected chi connectivity index (χ1v) is 11.5. The first kappa shape index (κ1) is 23.5. The van der Waals surface area contributed by atoms with Crippen LogP contribution in [-0.4, -0.2) is 21.7 Å². The summed E-state index contributed by atoms with van der Waals surface area (Å²) in [6.45, 7) is 5.16. The van der Waals surface area contributed by atoms with E-state index in [0.29, 0.717) is 11.6 Å². The molecule has 0 fully saturated rings. The molecule has 0 bridgehead atoms. The standard InChI is InChI=1S/C28H30N2O4/c1-19(21-14-16-22(17-15-21)34-28(2,3)27(31)32)29-24(18-13-20-9-5-4-6-10-20)26-30-23-11-7-8-12-25(23)33-26/h4-12,14-17,19,24,29H,13,18H2,1-3H3,(H,31,32). The van der Waals surface area contributed by atoms with Crippen LogP contribution in [0.2, 0.25) is 0 Å². The van der Waals surface area contributed by atoms with Crippen molar-refractivity contribution >= 4 is 17.1 Å². The first-order chi connectivity index (χ1) is 16.3. The minimum absolute atomic E-state index is 0.0114. The van der Waals surface area contributed by atoms with Crippen LogP contribution in [0, 0.1) is 0 Å². The van der Waals surface area contributed by atoms with Gasteiger partial charge in [0.15, 0.2) is 11.2 Å². The fourth-order valence-corrected chi connectivity index (χ4v) is 3.83. The number of carboxylic acid groups (broad SMARTS) is 1. The van der Waals surface area contributed by atoms with Crippen molar-refractivity contribution in [2.24, 2.45) is 0 Å². The van der Waals surface area contributed by atoms with Crippen molar-refractivity contribution in [2.75, 3.05) is 0 Å². The number of carbonyl (C=O) groups is 1. The average Bonchev–Trinajstić information content (AvgIpc) is 3.26. The van der Waals surface area contributed by atoms with Crippen molar-refractivity contribution < 1.29 is 19.1 Å². The molecule has 3 aromatic carbocycles. The maximum atomic E-state index is 11.3. The molecule has 4 rings (SSSR count). The lowest BCUT2D eigenvalue weighted by molar-refractivity contribution is -0.152. The monoisotopic (exact) mass is 458 g/mol. The van der Waals surface area contributed by atoms with Crippen molar-refractivity contribution in [1.29, 1.82) is 0 Å². The van der Waals surface area contributed by atoms with Crippen molar-refractivity contribution in [3.05, 3.63) is 95.9 Å². The lowest BCUT2D eigenvalue weighted by atomic mass is 10.0. The van der Waals surface area contributed by atoms with Gasteiger partial charge in [-0.15, -0.1) is 0 Å². The van der Waals surface area contributed by atoms with E-state index >= 15 is 0 Å². The Morgan fingerprint density at radius 2 is 1.71 bits per heavy atom. The molecule has 0 aliphatic carbocycles. The summed E-state index contributed by atoms with van der Waals surface area (Å²) in [5.74, 6) is 0.182. The summed E-state index contributed by atoms with van der Waals surface area (Å²) in [6, 6.07) is 25.6. The van der Waals surface area contributed by atoms with Crippen LogP contribution in [0.3, 0.4) is 0 Å². The number of aromatic nitrogens is 1. The highest BCUT2D eigenvalue weighted by atomic mass is 16.5. The Bertz CT molecular complexity index is 1200. The topological polar surface area (TPSA) is 84.6 Å². The summed E-state index contributed by atoms with van der Waals surface area (Å²) in [5.41, 5.74) is 2.65. The molecule has 6 heteroatoms. The Morgan fingerprint density at radius 3 is 2.38 bits per heavy atom. The second-order valence-corrected chi connectivity index (χ2v) is 8.97. The van der Waals surface area contributed by atoms with E-state index in [4.69, 9.17) is 14.1 Å². The summed E-state index contributed by atoms with van der Waals surface area (Å²) in [7, 11) is 0. The number of aliphatic carboxylic acids is 1. The fourth-order valence-electron chi connectivity index (χ4n) is 3.83. The molecule has 2 N–H and O–H groups in total. The number of rotatable bonds is 10. The van der Waals surface area contributed by atoms with Crippen molar-refractivity contribution in [3.8, 4) is 5.75 Å². The van der Waals surface area contributed by atoms with Gasteiger partial charge >= 0.3 is 5.97 Å². The van der Waals surface area contributed by atoms with Gasteiger partial charge in [-0.3, -0.25) is 5.32 Å². The number of carboxylic acids is 1. The Hall–Kier alpha value is -3.64. The fraction of sp³-hybridized carbons (Fsp3) is 0.286. The van der Waals surface area contributed by atoms with Crippen LogP contribution in [0.5, 0.6) is 5.75 Å². The summed E-state index contributed by atoms with van der Waals surface area (Å²) in [5, 5.41) is 13.0. The molecule has 176 valence electrons. The average molecular weight is 459 g/mol. The molecule has 0 amide bonds. The van der Waals surface area contributed by atoms with Gasteiger partial charge in [0.25, 0.3) is 0 Å². The minimum Gasteiger partial charge on any atom is -0.478 e. The lowest BCUT2D eigenvalue weighted by Crippen LogP contribution is -2.37. The normalized spacial score (nSPS) is 13.5. The highest BCUT2D eigenvalue weighted by Gasteiger charge is 2.29. The van der Waals surface area contributed by atoms with Gasteiger partial charge in [-0.05, 0) is 69.0 Å². The number of oxazole rings is 1. The molecule has 34 heavy (non-hydrogen) atoms. The molecular formula is C28H30N2O4. The lowest BCUT2D eigenvalue weighted by Gasteiger charge is -2.23. The van der Waals surface area contributed by atoms with E-state index in [2.05, 4.69) is 36.5 Å². The Labute approximate surface area is 199 Å². The predicted octanol–water partition coefficient (Wildman–Crippen LogP) is 6.09. The number of hydrogen-bond acceptors (Lipinski definition) is 5. The van der Waals surface area contributed by atoms with Gasteiger partial charge in [0.2, 0.25) is 5.89 Å². The van der Waals surface area contributed by atoms with E-state index in [0.717, 1.165) is 29.5 Å². The van der Waals surface area contributed by atoms with Crippen LogP contribution >= 0.6 is 0 Å².